The zero-order chi connectivity index (χ0) is 14.8. The molecule has 0 aliphatic rings. The lowest BCUT2D eigenvalue weighted by Crippen LogP contribution is -2.31. The monoisotopic (exact) mass is 374 g/mol. The fourth-order valence-electron chi connectivity index (χ4n) is 1.30. The Labute approximate surface area is 124 Å². The number of nitrogens with zero attached hydrogens (tertiary/aromatic N) is 1. The number of hydrogen-bond acceptors (Lipinski definition) is 4. The Balaban J connectivity index is 3.30. The van der Waals surface area contributed by atoms with Crippen molar-refractivity contribution in [3.63, 3.8) is 0 Å². The van der Waals surface area contributed by atoms with Gasteiger partial charge in [-0.25, -0.2) is 12.8 Å². The van der Waals surface area contributed by atoms with Gasteiger partial charge in [0.15, 0.2) is 5.82 Å². The summed E-state index contributed by atoms with van der Waals surface area (Å²) in [7, 11) is -1.25. The Morgan fingerprint density at radius 1 is 1.58 bits per heavy atom. The quantitative estimate of drug-likeness (QED) is 0.632. The third-order valence-corrected chi connectivity index (χ3v) is 5.69. The van der Waals surface area contributed by atoms with Gasteiger partial charge in [-0.15, -0.1) is 0 Å². The number of rotatable bonds is 5. The van der Waals surface area contributed by atoms with Crippen molar-refractivity contribution in [3.05, 3.63) is 21.4 Å². The van der Waals surface area contributed by atoms with Crippen LogP contribution in [-0.2, 0) is 14.8 Å². The lowest BCUT2D eigenvalue weighted by atomic mass is 10.3. The topological polar surface area (TPSA) is 72.6 Å². The van der Waals surface area contributed by atoms with E-state index in [1.807, 2.05) is 0 Å². The molecule has 0 aliphatic heterocycles. The van der Waals surface area contributed by atoms with E-state index in [-0.39, 0.29) is 28.3 Å². The number of anilines is 1. The highest BCUT2D eigenvalue weighted by atomic mass is 79.9. The number of hydrogen-bond donors (Lipinski definition) is 1. The summed E-state index contributed by atoms with van der Waals surface area (Å²) in [6, 6.07) is 1.02. The Morgan fingerprint density at radius 3 is 2.68 bits per heavy atom. The average Bonchev–Trinajstić information content (AvgIpc) is 2.37. The van der Waals surface area contributed by atoms with Crippen molar-refractivity contribution in [1.82, 2.24) is 4.31 Å². The molecule has 0 saturated carbocycles. The highest BCUT2D eigenvalue weighted by Crippen LogP contribution is 2.35. The predicted octanol–water partition coefficient (Wildman–Crippen LogP) is 2.09. The van der Waals surface area contributed by atoms with Gasteiger partial charge in [0.2, 0.25) is 10.0 Å². The van der Waals surface area contributed by atoms with Crippen molar-refractivity contribution in [2.24, 2.45) is 0 Å². The molecule has 0 amide bonds. The van der Waals surface area contributed by atoms with E-state index in [2.05, 4.69) is 15.9 Å². The van der Waals surface area contributed by atoms with Crippen molar-refractivity contribution in [3.8, 4) is 0 Å². The van der Waals surface area contributed by atoms with Crippen LogP contribution in [-0.4, -0.2) is 40.0 Å². The highest BCUT2D eigenvalue weighted by molar-refractivity contribution is 9.10. The number of likely N-dealkylation sites (N-methyl/N-ethyl adjacent to an activating group) is 1. The summed E-state index contributed by atoms with van der Waals surface area (Å²) < 4.78 is 44.2. The molecule has 0 aliphatic carbocycles. The van der Waals surface area contributed by atoms with E-state index in [1.165, 1.54) is 14.2 Å². The second-order valence-corrected chi connectivity index (χ2v) is 6.93. The van der Waals surface area contributed by atoms with Crippen molar-refractivity contribution >= 4 is 43.2 Å². The number of nitrogen functional groups attached to an aromatic ring is 1. The largest absolute Gasteiger partial charge is 0.395 e. The molecule has 0 fully saturated rings. The first-order valence-corrected chi connectivity index (χ1v) is 7.72. The minimum Gasteiger partial charge on any atom is -0.395 e. The molecule has 2 N–H and O–H groups in total. The van der Waals surface area contributed by atoms with Crippen molar-refractivity contribution in [1.29, 1.82) is 0 Å². The van der Waals surface area contributed by atoms with E-state index >= 15 is 0 Å². The fraction of sp³-hybridized carbons (Fsp3) is 0.400. The van der Waals surface area contributed by atoms with E-state index in [1.54, 1.807) is 0 Å². The summed E-state index contributed by atoms with van der Waals surface area (Å²) in [4.78, 5) is -0.559. The smallest absolute Gasteiger partial charge is 0.245 e. The molecule has 0 atom stereocenters. The molecule has 0 bridgehead atoms. The van der Waals surface area contributed by atoms with Crippen LogP contribution in [0.1, 0.15) is 0 Å². The minimum atomic E-state index is -4.01. The van der Waals surface area contributed by atoms with Crippen LogP contribution in [0.15, 0.2) is 15.4 Å². The molecule has 1 rings (SSSR count). The van der Waals surface area contributed by atoms with Crippen LogP contribution in [0.3, 0.4) is 0 Å². The summed E-state index contributed by atoms with van der Waals surface area (Å²) in [5.74, 6) is -1.03. The maximum absolute atomic E-state index is 14.0. The van der Waals surface area contributed by atoms with Crippen LogP contribution in [0.4, 0.5) is 10.1 Å². The number of benzene rings is 1. The van der Waals surface area contributed by atoms with Gasteiger partial charge in [0.25, 0.3) is 0 Å². The van der Waals surface area contributed by atoms with E-state index in [9.17, 15) is 12.8 Å². The first-order valence-electron chi connectivity index (χ1n) is 5.11. The lowest BCUT2D eigenvalue weighted by Gasteiger charge is -2.18. The molecule has 1 aromatic carbocycles. The van der Waals surface area contributed by atoms with E-state index in [0.29, 0.717) is 0 Å². The van der Waals surface area contributed by atoms with E-state index in [4.69, 9.17) is 22.1 Å². The summed E-state index contributed by atoms with van der Waals surface area (Å²) in [5.41, 5.74) is 5.13. The maximum Gasteiger partial charge on any atom is 0.245 e. The van der Waals surface area contributed by atoms with Gasteiger partial charge in [-0.1, -0.05) is 11.6 Å². The summed E-state index contributed by atoms with van der Waals surface area (Å²) in [6.45, 7) is 0.281. The fourth-order valence-corrected chi connectivity index (χ4v) is 3.11. The second-order valence-electron chi connectivity index (χ2n) is 3.72. The van der Waals surface area contributed by atoms with Crippen LogP contribution in [0.25, 0.3) is 0 Å². The molecule has 0 spiro atoms. The first-order chi connectivity index (χ1) is 8.73. The Kier molecular flexibility index (Phi) is 5.57. The molecule has 0 unspecified atom stereocenters. The van der Waals surface area contributed by atoms with Crippen molar-refractivity contribution < 1.29 is 17.5 Å². The van der Waals surface area contributed by atoms with Gasteiger partial charge < -0.3 is 10.5 Å². The molecule has 108 valence electrons. The standard InChI is InChI=1S/C10H13BrClFN2O3S/c1-15(3-4-18-2)19(16,17)7-5-6(12)8(11)10(14)9(7)13/h5H,3-4,14H2,1-2H3. The second kappa shape index (κ2) is 6.36. The third-order valence-electron chi connectivity index (χ3n) is 2.46. The van der Waals surface area contributed by atoms with Crippen molar-refractivity contribution in [2.45, 2.75) is 4.90 Å². The summed E-state index contributed by atoms with van der Waals surface area (Å²) in [5, 5.41) is 0.0256. The highest BCUT2D eigenvalue weighted by Gasteiger charge is 2.27. The van der Waals surface area contributed by atoms with E-state index < -0.39 is 20.7 Å². The number of methoxy groups -OCH3 is 1. The van der Waals surface area contributed by atoms with Gasteiger partial charge >= 0.3 is 0 Å². The normalized spacial score (nSPS) is 12.1. The zero-order valence-corrected chi connectivity index (χ0v) is 13.4. The molecule has 1 aromatic rings. The molecule has 0 aromatic heterocycles. The molecular formula is C10H13BrClFN2O3S. The Morgan fingerprint density at radius 2 is 2.16 bits per heavy atom. The van der Waals surface area contributed by atoms with Crippen LogP contribution in [0.5, 0.6) is 0 Å². The van der Waals surface area contributed by atoms with Gasteiger partial charge in [-0.05, 0) is 22.0 Å². The summed E-state index contributed by atoms with van der Waals surface area (Å²) >= 11 is 8.79. The Hall–Kier alpha value is -0.410. The number of halogens is 3. The minimum absolute atomic E-state index is 0.0256. The van der Waals surface area contributed by atoms with Gasteiger partial charge in [-0.3, -0.25) is 0 Å². The van der Waals surface area contributed by atoms with Crippen LogP contribution in [0.2, 0.25) is 5.02 Å². The van der Waals surface area contributed by atoms with Crippen LogP contribution in [0, 0.1) is 5.82 Å². The first kappa shape index (κ1) is 16.6. The number of nitrogens with two attached hydrogens (primary N) is 1. The van der Waals surface area contributed by atoms with Gasteiger partial charge in [0.1, 0.15) is 4.90 Å². The number of ether oxygens (including phenoxy) is 1. The van der Waals surface area contributed by atoms with Gasteiger partial charge in [-0.2, -0.15) is 4.31 Å². The van der Waals surface area contributed by atoms with Crippen molar-refractivity contribution in [2.75, 3.05) is 33.0 Å². The molecule has 5 nitrogen and oxygen atoms in total. The van der Waals surface area contributed by atoms with Gasteiger partial charge in [0, 0.05) is 20.7 Å². The van der Waals surface area contributed by atoms with Crippen LogP contribution < -0.4 is 5.73 Å². The van der Waals surface area contributed by atoms with E-state index in [0.717, 1.165) is 10.4 Å². The molecule has 0 saturated heterocycles. The maximum atomic E-state index is 14.0. The molecule has 0 heterocycles. The number of sulfonamides is 1. The molecule has 19 heavy (non-hydrogen) atoms. The third kappa shape index (κ3) is 3.38. The SMILES string of the molecule is COCCN(C)S(=O)(=O)c1cc(Cl)c(Br)c(N)c1F. The predicted molar refractivity (Wildman–Crippen MR) is 75.2 cm³/mol. The zero-order valence-electron chi connectivity index (χ0n) is 10.3. The summed E-state index contributed by atoms with van der Waals surface area (Å²) in [6.07, 6.45) is 0. The van der Waals surface area contributed by atoms with Gasteiger partial charge in [0.05, 0.1) is 21.8 Å². The molecular weight excluding hydrogens is 363 g/mol. The molecule has 0 radical (unpaired) electrons. The van der Waals surface area contributed by atoms with Crippen LogP contribution >= 0.6 is 27.5 Å². The molecule has 9 heteroatoms. The lowest BCUT2D eigenvalue weighted by molar-refractivity contribution is 0.185. The Bertz CT molecular complexity index is 583. The average molecular weight is 376 g/mol.